The lowest BCUT2D eigenvalue weighted by atomic mass is 10.1. The Balaban J connectivity index is 2.54. The number of nitrogens with zero attached hydrogens (tertiary/aromatic N) is 1. The largest absolute Gasteiger partial charge is 0.481 e. The Hall–Kier alpha value is -1.29. The molecule has 1 heterocycles. The number of carbonyl (C=O) groups is 1. The molecule has 1 atom stereocenters. The molecule has 0 saturated heterocycles. The van der Waals surface area contributed by atoms with E-state index in [2.05, 4.69) is 11.8 Å². The van der Waals surface area contributed by atoms with Crippen LogP contribution in [0.4, 0.5) is 0 Å². The quantitative estimate of drug-likeness (QED) is 0.783. The fraction of sp³-hybridized carbons (Fsp3) is 0.545. The molecule has 0 amide bonds. The second kappa shape index (κ2) is 5.56. The predicted molar refractivity (Wildman–Crippen MR) is 56.6 cm³/mol. The highest BCUT2D eigenvalue weighted by Crippen LogP contribution is 2.20. The molecule has 0 spiro atoms. The van der Waals surface area contributed by atoms with Crippen molar-refractivity contribution in [3.05, 3.63) is 24.2 Å². The van der Waals surface area contributed by atoms with E-state index >= 15 is 0 Å². The number of rotatable bonds is 6. The molecule has 1 aromatic heterocycles. The first-order valence-electron chi connectivity index (χ1n) is 5.13. The molecule has 1 aromatic rings. The third kappa shape index (κ3) is 3.40. The van der Waals surface area contributed by atoms with E-state index in [1.54, 1.807) is 12.5 Å². The van der Waals surface area contributed by atoms with Crippen molar-refractivity contribution in [1.82, 2.24) is 4.90 Å². The molecule has 1 N–H and O–H groups in total. The van der Waals surface area contributed by atoms with Gasteiger partial charge in [-0.3, -0.25) is 9.69 Å². The van der Waals surface area contributed by atoms with Crippen LogP contribution in [0.3, 0.4) is 0 Å². The fourth-order valence-corrected chi connectivity index (χ4v) is 1.59. The summed E-state index contributed by atoms with van der Waals surface area (Å²) in [6.07, 6.45) is 3.51. The first-order chi connectivity index (χ1) is 7.15. The molecule has 15 heavy (non-hydrogen) atoms. The summed E-state index contributed by atoms with van der Waals surface area (Å²) < 4.78 is 5.01. The van der Waals surface area contributed by atoms with Crippen LogP contribution in [-0.2, 0) is 4.79 Å². The maximum absolute atomic E-state index is 10.5. The van der Waals surface area contributed by atoms with Gasteiger partial charge >= 0.3 is 5.97 Å². The highest BCUT2D eigenvalue weighted by molar-refractivity contribution is 5.66. The van der Waals surface area contributed by atoms with Crippen molar-refractivity contribution in [2.45, 2.75) is 26.3 Å². The second-order valence-corrected chi connectivity index (χ2v) is 3.50. The van der Waals surface area contributed by atoms with Crippen LogP contribution in [0, 0.1) is 0 Å². The molecule has 4 nitrogen and oxygen atoms in total. The molecular formula is C11H17NO3. The van der Waals surface area contributed by atoms with Gasteiger partial charge in [0, 0.05) is 18.2 Å². The van der Waals surface area contributed by atoms with E-state index in [9.17, 15) is 4.79 Å². The lowest BCUT2D eigenvalue weighted by molar-refractivity contribution is -0.137. The average molecular weight is 211 g/mol. The lowest BCUT2D eigenvalue weighted by Gasteiger charge is -2.26. The van der Waals surface area contributed by atoms with E-state index in [1.807, 2.05) is 13.0 Å². The zero-order valence-corrected chi connectivity index (χ0v) is 9.14. The van der Waals surface area contributed by atoms with Crippen molar-refractivity contribution in [1.29, 1.82) is 0 Å². The normalized spacial score (nSPS) is 13.0. The van der Waals surface area contributed by atoms with Crippen LogP contribution in [-0.4, -0.2) is 29.1 Å². The first kappa shape index (κ1) is 11.8. The van der Waals surface area contributed by atoms with Crippen LogP contribution in [0.1, 0.15) is 31.9 Å². The van der Waals surface area contributed by atoms with Gasteiger partial charge in [-0.15, -0.1) is 0 Å². The van der Waals surface area contributed by atoms with Crippen molar-refractivity contribution in [3.8, 4) is 0 Å². The van der Waals surface area contributed by atoms with Gasteiger partial charge < -0.3 is 9.52 Å². The van der Waals surface area contributed by atoms with Crippen LogP contribution in [0.2, 0.25) is 0 Å². The summed E-state index contributed by atoms with van der Waals surface area (Å²) in [5.74, 6) is -0.757. The van der Waals surface area contributed by atoms with E-state index in [4.69, 9.17) is 9.52 Å². The minimum atomic E-state index is -0.757. The van der Waals surface area contributed by atoms with Gasteiger partial charge in [0.1, 0.15) is 0 Å². The van der Waals surface area contributed by atoms with Gasteiger partial charge in [-0.1, -0.05) is 6.92 Å². The standard InChI is InChI=1S/C11H17NO3/c1-3-12(6-4-11(13)14)9(2)10-5-7-15-8-10/h5,7-9H,3-4,6H2,1-2H3,(H,13,14). The first-order valence-corrected chi connectivity index (χ1v) is 5.13. The van der Waals surface area contributed by atoms with E-state index in [0.717, 1.165) is 12.1 Å². The summed E-state index contributed by atoms with van der Waals surface area (Å²) in [5.41, 5.74) is 1.09. The van der Waals surface area contributed by atoms with Gasteiger partial charge in [0.2, 0.25) is 0 Å². The van der Waals surface area contributed by atoms with Gasteiger partial charge in [0.05, 0.1) is 18.9 Å². The van der Waals surface area contributed by atoms with Crippen LogP contribution >= 0.6 is 0 Å². The molecule has 0 radical (unpaired) electrons. The number of hydrogen-bond donors (Lipinski definition) is 1. The van der Waals surface area contributed by atoms with Crippen molar-refractivity contribution < 1.29 is 14.3 Å². The molecular weight excluding hydrogens is 194 g/mol. The number of carboxylic acids is 1. The third-order valence-corrected chi connectivity index (χ3v) is 2.59. The summed E-state index contributed by atoms with van der Waals surface area (Å²) >= 11 is 0. The Kier molecular flexibility index (Phi) is 4.37. The van der Waals surface area contributed by atoms with Crippen LogP contribution in [0.25, 0.3) is 0 Å². The minimum absolute atomic E-state index is 0.177. The highest BCUT2D eigenvalue weighted by Gasteiger charge is 2.15. The van der Waals surface area contributed by atoms with E-state index in [1.165, 1.54) is 0 Å². The molecule has 4 heteroatoms. The average Bonchev–Trinajstić information content (AvgIpc) is 2.70. The molecule has 1 rings (SSSR count). The molecule has 0 fully saturated rings. The topological polar surface area (TPSA) is 53.7 Å². The predicted octanol–water partition coefficient (Wildman–Crippen LogP) is 2.14. The van der Waals surface area contributed by atoms with Gasteiger partial charge in [0.15, 0.2) is 0 Å². The lowest BCUT2D eigenvalue weighted by Crippen LogP contribution is -2.29. The number of furan rings is 1. The summed E-state index contributed by atoms with van der Waals surface area (Å²) in [5, 5.41) is 8.63. The molecule has 1 unspecified atom stereocenters. The Bertz CT molecular complexity index is 295. The zero-order valence-electron chi connectivity index (χ0n) is 9.14. The zero-order chi connectivity index (χ0) is 11.3. The highest BCUT2D eigenvalue weighted by atomic mass is 16.4. The molecule has 0 bridgehead atoms. The van der Waals surface area contributed by atoms with E-state index in [0.29, 0.717) is 6.54 Å². The molecule has 0 aliphatic heterocycles. The maximum Gasteiger partial charge on any atom is 0.304 e. The molecule has 0 saturated carbocycles. The maximum atomic E-state index is 10.5. The van der Waals surface area contributed by atoms with Crippen molar-refractivity contribution in [2.75, 3.05) is 13.1 Å². The van der Waals surface area contributed by atoms with Gasteiger partial charge in [-0.05, 0) is 19.5 Å². The molecule has 0 aliphatic rings. The second-order valence-electron chi connectivity index (χ2n) is 3.50. The van der Waals surface area contributed by atoms with Crippen molar-refractivity contribution >= 4 is 5.97 Å². The monoisotopic (exact) mass is 211 g/mol. The van der Waals surface area contributed by atoms with Gasteiger partial charge in [0.25, 0.3) is 0 Å². The Morgan fingerprint density at radius 2 is 2.40 bits per heavy atom. The molecule has 84 valence electrons. The smallest absolute Gasteiger partial charge is 0.304 e. The van der Waals surface area contributed by atoms with Gasteiger partial charge in [-0.2, -0.15) is 0 Å². The van der Waals surface area contributed by atoms with E-state index < -0.39 is 5.97 Å². The summed E-state index contributed by atoms with van der Waals surface area (Å²) in [6.45, 7) is 5.48. The summed E-state index contributed by atoms with van der Waals surface area (Å²) in [4.78, 5) is 12.6. The van der Waals surface area contributed by atoms with Gasteiger partial charge in [-0.25, -0.2) is 0 Å². The Labute approximate surface area is 89.5 Å². The summed E-state index contributed by atoms with van der Waals surface area (Å²) in [7, 11) is 0. The molecule has 0 aliphatic carbocycles. The minimum Gasteiger partial charge on any atom is -0.481 e. The fourth-order valence-electron chi connectivity index (χ4n) is 1.59. The summed E-state index contributed by atoms with van der Waals surface area (Å²) in [6, 6.07) is 2.11. The van der Waals surface area contributed by atoms with Crippen LogP contribution in [0.15, 0.2) is 23.0 Å². The SMILES string of the molecule is CCN(CCC(=O)O)C(C)c1ccoc1. The number of hydrogen-bond acceptors (Lipinski definition) is 3. The van der Waals surface area contributed by atoms with Crippen LogP contribution < -0.4 is 0 Å². The Morgan fingerprint density at radius 1 is 1.67 bits per heavy atom. The van der Waals surface area contributed by atoms with Crippen molar-refractivity contribution in [3.63, 3.8) is 0 Å². The number of carboxylic acid groups (broad SMARTS) is 1. The van der Waals surface area contributed by atoms with E-state index in [-0.39, 0.29) is 12.5 Å². The van der Waals surface area contributed by atoms with Crippen LogP contribution in [0.5, 0.6) is 0 Å². The Morgan fingerprint density at radius 3 is 2.87 bits per heavy atom. The third-order valence-electron chi connectivity index (χ3n) is 2.59. The number of aliphatic carboxylic acids is 1. The van der Waals surface area contributed by atoms with Crippen molar-refractivity contribution in [2.24, 2.45) is 0 Å². The molecule has 0 aromatic carbocycles.